The van der Waals surface area contributed by atoms with E-state index in [9.17, 15) is 4.39 Å². The first-order valence-corrected chi connectivity index (χ1v) is 6.63. The minimum Gasteiger partial charge on any atom is -0.494 e. The molecule has 3 heteroatoms. The van der Waals surface area contributed by atoms with E-state index in [1.54, 1.807) is 12.1 Å². The molecule has 0 aliphatic carbocycles. The standard InChI is InChI=1S/C15H24FNO/c1-5-11(2)9-12(3)17-10-13-7-6-8-14(18-4)15(13)16/h6-8,11-12,17H,5,9-10H2,1-4H3. The highest BCUT2D eigenvalue weighted by molar-refractivity contribution is 5.30. The van der Waals surface area contributed by atoms with Crippen LogP contribution in [0.2, 0.25) is 0 Å². The average Bonchev–Trinajstić information content (AvgIpc) is 2.37. The third-order valence-electron chi connectivity index (χ3n) is 3.36. The van der Waals surface area contributed by atoms with Gasteiger partial charge in [-0.25, -0.2) is 4.39 Å². The quantitative estimate of drug-likeness (QED) is 0.799. The van der Waals surface area contributed by atoms with E-state index in [1.807, 2.05) is 6.07 Å². The number of halogens is 1. The molecule has 0 bridgehead atoms. The Bertz CT molecular complexity index is 368. The van der Waals surface area contributed by atoms with Crippen LogP contribution < -0.4 is 10.1 Å². The number of ether oxygens (including phenoxy) is 1. The summed E-state index contributed by atoms with van der Waals surface area (Å²) >= 11 is 0. The molecule has 0 aromatic heterocycles. The molecule has 0 heterocycles. The van der Waals surface area contributed by atoms with E-state index in [-0.39, 0.29) is 5.82 Å². The van der Waals surface area contributed by atoms with Gasteiger partial charge in [0.15, 0.2) is 11.6 Å². The molecule has 2 atom stereocenters. The SMILES string of the molecule is CCC(C)CC(C)NCc1cccc(OC)c1F. The van der Waals surface area contributed by atoms with Crippen LogP contribution in [0.3, 0.4) is 0 Å². The molecule has 1 rings (SSSR count). The molecule has 0 amide bonds. The zero-order valence-electron chi connectivity index (χ0n) is 11.8. The molecule has 0 saturated carbocycles. The number of hydrogen-bond donors (Lipinski definition) is 1. The van der Waals surface area contributed by atoms with Crippen LogP contribution in [0.25, 0.3) is 0 Å². The number of rotatable bonds is 7. The summed E-state index contributed by atoms with van der Waals surface area (Å²) in [6.45, 7) is 7.12. The molecule has 2 unspecified atom stereocenters. The maximum Gasteiger partial charge on any atom is 0.169 e. The predicted octanol–water partition coefficient (Wildman–Crippen LogP) is 3.75. The fourth-order valence-electron chi connectivity index (χ4n) is 1.99. The number of hydrogen-bond acceptors (Lipinski definition) is 2. The van der Waals surface area contributed by atoms with Gasteiger partial charge in [0, 0.05) is 18.2 Å². The maximum atomic E-state index is 13.9. The largest absolute Gasteiger partial charge is 0.494 e. The van der Waals surface area contributed by atoms with Gasteiger partial charge in [0.05, 0.1) is 7.11 Å². The van der Waals surface area contributed by atoms with Crippen molar-refractivity contribution in [3.63, 3.8) is 0 Å². The topological polar surface area (TPSA) is 21.3 Å². The minimum atomic E-state index is -0.261. The summed E-state index contributed by atoms with van der Waals surface area (Å²) in [5.74, 6) is 0.745. The fraction of sp³-hybridized carbons (Fsp3) is 0.600. The van der Waals surface area contributed by atoms with E-state index in [2.05, 4.69) is 26.1 Å². The fourth-order valence-corrected chi connectivity index (χ4v) is 1.99. The summed E-state index contributed by atoms with van der Waals surface area (Å²) < 4.78 is 18.9. The molecule has 0 spiro atoms. The third-order valence-corrected chi connectivity index (χ3v) is 3.36. The number of benzene rings is 1. The van der Waals surface area contributed by atoms with Gasteiger partial charge >= 0.3 is 0 Å². The highest BCUT2D eigenvalue weighted by atomic mass is 19.1. The highest BCUT2D eigenvalue weighted by Crippen LogP contribution is 2.20. The molecule has 1 N–H and O–H groups in total. The van der Waals surface area contributed by atoms with Crippen molar-refractivity contribution in [3.05, 3.63) is 29.6 Å². The summed E-state index contributed by atoms with van der Waals surface area (Å²) in [5.41, 5.74) is 0.658. The summed E-state index contributed by atoms with van der Waals surface area (Å²) in [7, 11) is 1.49. The van der Waals surface area contributed by atoms with Crippen molar-refractivity contribution in [2.75, 3.05) is 7.11 Å². The van der Waals surface area contributed by atoms with Gasteiger partial charge in [-0.15, -0.1) is 0 Å². The molecule has 0 fully saturated rings. The van der Waals surface area contributed by atoms with Crippen molar-refractivity contribution < 1.29 is 9.13 Å². The lowest BCUT2D eigenvalue weighted by molar-refractivity contribution is 0.379. The molecule has 1 aromatic carbocycles. The van der Waals surface area contributed by atoms with Crippen LogP contribution in [0.15, 0.2) is 18.2 Å². The Labute approximate surface area is 110 Å². The zero-order valence-corrected chi connectivity index (χ0v) is 11.8. The summed E-state index contributed by atoms with van der Waals surface area (Å²) in [5, 5.41) is 3.36. The lowest BCUT2D eigenvalue weighted by atomic mass is 10.0. The lowest BCUT2D eigenvalue weighted by Gasteiger charge is -2.18. The second-order valence-electron chi connectivity index (χ2n) is 4.96. The maximum absolute atomic E-state index is 13.9. The molecule has 0 aliphatic heterocycles. The molecule has 0 radical (unpaired) electrons. The molecular weight excluding hydrogens is 229 g/mol. The Balaban J connectivity index is 2.53. The van der Waals surface area contributed by atoms with E-state index in [0.717, 1.165) is 6.42 Å². The van der Waals surface area contributed by atoms with Gasteiger partial charge in [0.2, 0.25) is 0 Å². The van der Waals surface area contributed by atoms with Crippen LogP contribution in [-0.2, 0) is 6.54 Å². The monoisotopic (exact) mass is 253 g/mol. The van der Waals surface area contributed by atoms with E-state index in [1.165, 1.54) is 13.5 Å². The van der Waals surface area contributed by atoms with Crippen LogP contribution in [-0.4, -0.2) is 13.2 Å². The highest BCUT2D eigenvalue weighted by Gasteiger charge is 2.10. The van der Waals surface area contributed by atoms with Crippen molar-refractivity contribution in [2.45, 2.75) is 46.2 Å². The molecule has 18 heavy (non-hydrogen) atoms. The van der Waals surface area contributed by atoms with Gasteiger partial charge < -0.3 is 10.1 Å². The van der Waals surface area contributed by atoms with Crippen LogP contribution in [0.5, 0.6) is 5.75 Å². The predicted molar refractivity (Wildman–Crippen MR) is 73.3 cm³/mol. The van der Waals surface area contributed by atoms with Gasteiger partial charge in [0.25, 0.3) is 0 Å². The van der Waals surface area contributed by atoms with Gasteiger partial charge in [-0.3, -0.25) is 0 Å². The van der Waals surface area contributed by atoms with Crippen LogP contribution in [0.1, 0.15) is 39.2 Å². The molecular formula is C15H24FNO. The average molecular weight is 253 g/mol. The Kier molecular flexibility index (Phi) is 6.13. The third kappa shape index (κ3) is 4.30. The molecule has 0 saturated heterocycles. The van der Waals surface area contributed by atoms with E-state index in [0.29, 0.717) is 29.8 Å². The van der Waals surface area contributed by atoms with Crippen LogP contribution >= 0.6 is 0 Å². The number of methoxy groups -OCH3 is 1. The normalized spacial score (nSPS) is 14.3. The van der Waals surface area contributed by atoms with Gasteiger partial charge in [-0.2, -0.15) is 0 Å². The van der Waals surface area contributed by atoms with Crippen LogP contribution in [0.4, 0.5) is 4.39 Å². The van der Waals surface area contributed by atoms with Crippen molar-refractivity contribution in [1.82, 2.24) is 5.32 Å². The molecule has 2 nitrogen and oxygen atoms in total. The van der Waals surface area contributed by atoms with Crippen LogP contribution in [0, 0.1) is 11.7 Å². The zero-order chi connectivity index (χ0) is 13.5. The first-order chi connectivity index (χ1) is 8.58. The first-order valence-electron chi connectivity index (χ1n) is 6.63. The first kappa shape index (κ1) is 15.0. The van der Waals surface area contributed by atoms with Gasteiger partial charge in [-0.1, -0.05) is 32.4 Å². The minimum absolute atomic E-state index is 0.261. The van der Waals surface area contributed by atoms with Crippen molar-refractivity contribution in [2.24, 2.45) is 5.92 Å². The second-order valence-corrected chi connectivity index (χ2v) is 4.96. The van der Waals surface area contributed by atoms with Gasteiger partial charge in [-0.05, 0) is 25.3 Å². The molecule has 0 aliphatic rings. The van der Waals surface area contributed by atoms with Gasteiger partial charge in [0.1, 0.15) is 0 Å². The Morgan fingerprint density at radius 3 is 2.67 bits per heavy atom. The Morgan fingerprint density at radius 1 is 1.33 bits per heavy atom. The Hall–Kier alpha value is -1.09. The van der Waals surface area contributed by atoms with Crippen molar-refractivity contribution >= 4 is 0 Å². The molecule has 1 aromatic rings. The van der Waals surface area contributed by atoms with E-state index < -0.39 is 0 Å². The summed E-state index contributed by atoms with van der Waals surface area (Å²) in [6.07, 6.45) is 2.29. The van der Waals surface area contributed by atoms with E-state index >= 15 is 0 Å². The Morgan fingerprint density at radius 2 is 2.06 bits per heavy atom. The van der Waals surface area contributed by atoms with Crippen molar-refractivity contribution in [1.29, 1.82) is 0 Å². The number of nitrogens with one attached hydrogen (secondary N) is 1. The lowest BCUT2D eigenvalue weighted by Crippen LogP contribution is -2.27. The summed E-state index contributed by atoms with van der Waals surface area (Å²) in [6, 6.07) is 5.64. The summed E-state index contributed by atoms with van der Waals surface area (Å²) in [4.78, 5) is 0. The smallest absolute Gasteiger partial charge is 0.169 e. The second kappa shape index (κ2) is 7.37. The van der Waals surface area contributed by atoms with Crippen molar-refractivity contribution in [3.8, 4) is 5.75 Å². The molecule has 102 valence electrons. The van der Waals surface area contributed by atoms with E-state index in [4.69, 9.17) is 4.74 Å².